The van der Waals surface area contributed by atoms with Crippen LogP contribution in [0.4, 0.5) is 5.69 Å². The maximum atomic E-state index is 12.9. The summed E-state index contributed by atoms with van der Waals surface area (Å²) in [7, 11) is -1.59. The maximum absolute atomic E-state index is 12.9. The zero-order valence-corrected chi connectivity index (χ0v) is 21.0. The summed E-state index contributed by atoms with van der Waals surface area (Å²) in [6.45, 7) is 0.230. The fourth-order valence-electron chi connectivity index (χ4n) is 4.52. The Balaban J connectivity index is 1.50. The first-order chi connectivity index (χ1) is 17.2. The van der Waals surface area contributed by atoms with E-state index in [2.05, 4.69) is 0 Å². The number of amidine groups is 1. The summed E-state index contributed by atoms with van der Waals surface area (Å²) in [6, 6.07) is 27.1. The Kier molecular flexibility index (Phi) is 5.97. The van der Waals surface area contributed by atoms with Gasteiger partial charge in [-0.05, 0) is 40.1 Å². The molecule has 4 aromatic carbocycles. The number of benzene rings is 4. The Morgan fingerprint density at radius 2 is 1.72 bits per heavy atom. The van der Waals surface area contributed by atoms with Crippen LogP contribution < -0.4 is 10.0 Å². The van der Waals surface area contributed by atoms with Crippen molar-refractivity contribution < 1.29 is 8.42 Å². The number of hydrogen-bond acceptors (Lipinski definition) is 4. The molecule has 0 radical (unpaired) electrons. The fraction of sp³-hybridized carbons (Fsp3) is 0.143. The van der Waals surface area contributed by atoms with Crippen molar-refractivity contribution in [3.05, 3.63) is 107 Å². The molecule has 0 saturated heterocycles. The highest BCUT2D eigenvalue weighted by atomic mass is 32.2. The van der Waals surface area contributed by atoms with Gasteiger partial charge in [-0.25, -0.2) is 13.4 Å². The Bertz CT molecular complexity index is 1700. The molecule has 0 aliphatic carbocycles. The normalized spacial score (nSPS) is 11.7. The summed E-state index contributed by atoms with van der Waals surface area (Å²) < 4.78 is 29.2. The van der Waals surface area contributed by atoms with Gasteiger partial charge in [-0.2, -0.15) is 0 Å². The number of imidazole rings is 1. The summed E-state index contributed by atoms with van der Waals surface area (Å²) in [5.74, 6) is 0.897. The van der Waals surface area contributed by atoms with Crippen molar-refractivity contribution in [2.24, 2.45) is 12.8 Å². The van der Waals surface area contributed by atoms with E-state index >= 15 is 0 Å². The molecule has 0 amide bonds. The second-order valence-corrected chi connectivity index (χ2v) is 10.9. The van der Waals surface area contributed by atoms with Gasteiger partial charge in [0.15, 0.2) is 0 Å². The van der Waals surface area contributed by atoms with Gasteiger partial charge in [-0.15, -0.1) is 0 Å². The first-order valence-corrected chi connectivity index (χ1v) is 13.4. The molecule has 0 spiro atoms. The molecule has 3 N–H and O–H groups in total. The van der Waals surface area contributed by atoms with E-state index in [9.17, 15) is 8.42 Å². The van der Waals surface area contributed by atoms with Crippen LogP contribution in [0.25, 0.3) is 21.8 Å². The van der Waals surface area contributed by atoms with Crippen LogP contribution in [0.15, 0.2) is 84.9 Å². The van der Waals surface area contributed by atoms with Gasteiger partial charge in [0, 0.05) is 19.0 Å². The number of nitrogens with two attached hydrogens (primary N) is 1. The number of anilines is 1. The minimum atomic E-state index is -3.55. The van der Waals surface area contributed by atoms with Crippen molar-refractivity contribution in [2.45, 2.75) is 13.0 Å². The monoisotopic (exact) mass is 497 g/mol. The standard InChI is InChI=1S/C28H27N5O2S/c1-32-26-15-14-23(17-25(26)31-27(32)16-19-10-12-21(13-11-19)28(29)30)33(36(2,34)35)18-22-8-5-7-20-6-3-4-9-24(20)22/h3-15,17H,16,18H2,1-2H3,(H3,29,30). The molecular weight excluding hydrogens is 470 g/mol. The zero-order valence-electron chi connectivity index (χ0n) is 20.1. The number of rotatable bonds is 7. The summed E-state index contributed by atoms with van der Waals surface area (Å²) in [6.07, 6.45) is 1.83. The lowest BCUT2D eigenvalue weighted by molar-refractivity contribution is 0.596. The number of nitrogen functional groups attached to an aromatic ring is 1. The Morgan fingerprint density at radius 1 is 1.00 bits per heavy atom. The lowest BCUT2D eigenvalue weighted by Gasteiger charge is -2.23. The Morgan fingerprint density at radius 3 is 2.44 bits per heavy atom. The molecule has 0 unspecified atom stereocenters. The topological polar surface area (TPSA) is 105 Å². The zero-order chi connectivity index (χ0) is 25.4. The van der Waals surface area contributed by atoms with E-state index in [1.54, 1.807) is 0 Å². The van der Waals surface area contributed by atoms with Crippen LogP contribution in [0.2, 0.25) is 0 Å². The van der Waals surface area contributed by atoms with Gasteiger partial charge in [0.25, 0.3) is 0 Å². The molecule has 0 atom stereocenters. The highest BCUT2D eigenvalue weighted by molar-refractivity contribution is 7.92. The molecule has 182 valence electrons. The SMILES string of the molecule is Cn1c(Cc2ccc(C(=N)N)cc2)nc2cc(N(Cc3cccc4ccccc34)S(C)(=O)=O)ccc21. The Labute approximate surface area is 210 Å². The predicted octanol–water partition coefficient (Wildman–Crippen LogP) is 4.57. The molecule has 0 aliphatic rings. The van der Waals surface area contributed by atoms with E-state index in [0.717, 1.165) is 38.8 Å². The van der Waals surface area contributed by atoms with Crippen molar-refractivity contribution in [3.63, 3.8) is 0 Å². The molecule has 36 heavy (non-hydrogen) atoms. The van der Waals surface area contributed by atoms with E-state index < -0.39 is 10.0 Å². The van der Waals surface area contributed by atoms with Crippen molar-refractivity contribution in [2.75, 3.05) is 10.6 Å². The number of aryl methyl sites for hydroxylation is 1. The molecule has 0 saturated carbocycles. The number of nitrogens with one attached hydrogen (secondary N) is 1. The second-order valence-electron chi connectivity index (χ2n) is 8.96. The van der Waals surface area contributed by atoms with E-state index in [1.807, 2.05) is 96.5 Å². The van der Waals surface area contributed by atoms with Gasteiger partial charge in [0.2, 0.25) is 10.0 Å². The van der Waals surface area contributed by atoms with Gasteiger partial charge in [-0.1, -0.05) is 66.7 Å². The van der Waals surface area contributed by atoms with E-state index in [-0.39, 0.29) is 12.4 Å². The number of hydrogen-bond donors (Lipinski definition) is 2. The number of sulfonamides is 1. The molecule has 5 rings (SSSR count). The van der Waals surface area contributed by atoms with Crippen molar-refractivity contribution in [3.8, 4) is 0 Å². The molecule has 7 nitrogen and oxygen atoms in total. The van der Waals surface area contributed by atoms with E-state index in [1.165, 1.54) is 10.6 Å². The Hall–Kier alpha value is -4.17. The van der Waals surface area contributed by atoms with Gasteiger partial charge in [-0.3, -0.25) is 9.71 Å². The third kappa shape index (κ3) is 4.55. The van der Waals surface area contributed by atoms with E-state index in [0.29, 0.717) is 17.7 Å². The summed E-state index contributed by atoms with van der Waals surface area (Å²) in [5.41, 5.74) is 10.5. The number of nitrogens with zero attached hydrogens (tertiary/aromatic N) is 3. The molecule has 5 aromatic rings. The second kappa shape index (κ2) is 9.13. The number of aromatic nitrogens is 2. The minimum absolute atomic E-state index is 0.0377. The van der Waals surface area contributed by atoms with Gasteiger partial charge in [0.1, 0.15) is 11.7 Å². The lowest BCUT2D eigenvalue weighted by Crippen LogP contribution is -2.29. The number of fused-ring (bicyclic) bond motifs is 2. The molecule has 0 bridgehead atoms. The molecule has 8 heteroatoms. The summed E-state index contributed by atoms with van der Waals surface area (Å²) >= 11 is 0. The van der Waals surface area contributed by atoms with Gasteiger partial charge in [0.05, 0.1) is 29.5 Å². The van der Waals surface area contributed by atoms with Crippen LogP contribution in [-0.4, -0.2) is 30.1 Å². The molecule has 1 heterocycles. The quantitative estimate of drug-likeness (QED) is 0.254. The molecular formula is C28H27N5O2S. The third-order valence-electron chi connectivity index (χ3n) is 6.47. The molecule has 0 fully saturated rings. The minimum Gasteiger partial charge on any atom is -0.384 e. The highest BCUT2D eigenvalue weighted by Crippen LogP contribution is 2.28. The predicted molar refractivity (Wildman–Crippen MR) is 146 cm³/mol. The van der Waals surface area contributed by atoms with Crippen molar-refractivity contribution in [1.82, 2.24) is 9.55 Å². The van der Waals surface area contributed by atoms with Crippen LogP contribution in [0.1, 0.15) is 22.5 Å². The van der Waals surface area contributed by atoms with Gasteiger partial charge < -0.3 is 10.3 Å². The fourth-order valence-corrected chi connectivity index (χ4v) is 5.39. The van der Waals surface area contributed by atoms with Crippen LogP contribution in [0.3, 0.4) is 0 Å². The first kappa shape index (κ1) is 23.6. The lowest BCUT2D eigenvalue weighted by atomic mass is 10.0. The van der Waals surface area contributed by atoms with Crippen LogP contribution in [-0.2, 0) is 30.0 Å². The van der Waals surface area contributed by atoms with Crippen molar-refractivity contribution >= 4 is 43.4 Å². The highest BCUT2D eigenvalue weighted by Gasteiger charge is 2.20. The summed E-state index contributed by atoms with van der Waals surface area (Å²) in [5, 5.41) is 9.66. The van der Waals surface area contributed by atoms with E-state index in [4.69, 9.17) is 16.1 Å². The first-order valence-electron chi connectivity index (χ1n) is 11.5. The molecule has 1 aromatic heterocycles. The smallest absolute Gasteiger partial charge is 0.232 e. The molecule has 0 aliphatic heterocycles. The average Bonchev–Trinajstić information content (AvgIpc) is 3.16. The average molecular weight is 498 g/mol. The van der Waals surface area contributed by atoms with Crippen LogP contribution in [0, 0.1) is 5.41 Å². The van der Waals surface area contributed by atoms with Crippen LogP contribution >= 0.6 is 0 Å². The largest absolute Gasteiger partial charge is 0.384 e. The van der Waals surface area contributed by atoms with Crippen LogP contribution in [0.5, 0.6) is 0 Å². The van der Waals surface area contributed by atoms with Gasteiger partial charge >= 0.3 is 0 Å². The summed E-state index contributed by atoms with van der Waals surface area (Å²) in [4.78, 5) is 4.82. The third-order valence-corrected chi connectivity index (χ3v) is 7.61. The maximum Gasteiger partial charge on any atom is 0.232 e. The van der Waals surface area contributed by atoms with Crippen molar-refractivity contribution in [1.29, 1.82) is 5.41 Å².